The summed E-state index contributed by atoms with van der Waals surface area (Å²) in [6.45, 7) is 1.57. The maximum atomic E-state index is 5.58. The zero-order valence-corrected chi connectivity index (χ0v) is 16.9. The van der Waals surface area contributed by atoms with Crippen molar-refractivity contribution >= 4 is 11.3 Å². The quantitative estimate of drug-likeness (QED) is 0.622. The maximum Gasteiger partial charge on any atom is 0.240 e. The molecule has 5 rings (SSSR count). The number of hydrogen-bond acceptors (Lipinski definition) is 7. The predicted octanol–water partition coefficient (Wildman–Crippen LogP) is 4.17. The largest absolute Gasteiger partial charge is 0.493 e. The molecule has 0 amide bonds. The van der Waals surface area contributed by atoms with E-state index in [9.17, 15) is 0 Å². The molecule has 0 radical (unpaired) electrons. The lowest BCUT2D eigenvalue weighted by molar-refractivity contribution is 0.179. The fourth-order valence-corrected chi connectivity index (χ4v) is 4.84. The van der Waals surface area contributed by atoms with E-state index in [1.54, 1.807) is 25.6 Å². The van der Waals surface area contributed by atoms with Crippen molar-refractivity contribution in [1.82, 2.24) is 15.0 Å². The number of benzene rings is 1. The molecular weight excluding hydrogens is 374 g/mol. The van der Waals surface area contributed by atoms with E-state index in [2.05, 4.69) is 44.7 Å². The van der Waals surface area contributed by atoms with Gasteiger partial charge in [0.2, 0.25) is 5.89 Å². The van der Waals surface area contributed by atoms with Crippen LogP contribution < -0.4 is 9.47 Å². The smallest absolute Gasteiger partial charge is 0.240 e. The van der Waals surface area contributed by atoms with Crippen LogP contribution >= 0.6 is 11.3 Å². The van der Waals surface area contributed by atoms with Gasteiger partial charge in [-0.3, -0.25) is 4.90 Å². The summed E-state index contributed by atoms with van der Waals surface area (Å²) in [6.07, 6.45) is 3.30. The first kappa shape index (κ1) is 17.7. The number of nitrogens with zero attached hydrogens (tertiary/aromatic N) is 3. The molecule has 0 bridgehead atoms. The van der Waals surface area contributed by atoms with Gasteiger partial charge in [0.15, 0.2) is 17.3 Å². The van der Waals surface area contributed by atoms with E-state index < -0.39 is 0 Å². The van der Waals surface area contributed by atoms with Crippen LogP contribution in [0.3, 0.4) is 0 Å². The second kappa shape index (κ2) is 7.22. The fraction of sp³-hybridized carbons (Fsp3) is 0.429. The highest BCUT2D eigenvalue weighted by Gasteiger charge is 2.33. The molecule has 2 aliphatic rings. The molecule has 1 aliphatic carbocycles. The molecule has 0 N–H and O–H groups in total. The van der Waals surface area contributed by atoms with Crippen LogP contribution in [0.4, 0.5) is 0 Å². The molecule has 7 heteroatoms. The van der Waals surface area contributed by atoms with Crippen molar-refractivity contribution in [2.75, 3.05) is 20.8 Å². The summed E-state index contributed by atoms with van der Waals surface area (Å²) in [6, 6.07) is 8.67. The van der Waals surface area contributed by atoms with E-state index in [-0.39, 0.29) is 6.04 Å². The zero-order valence-electron chi connectivity index (χ0n) is 16.1. The van der Waals surface area contributed by atoms with Crippen LogP contribution in [-0.2, 0) is 13.0 Å². The summed E-state index contributed by atoms with van der Waals surface area (Å²) in [4.78, 5) is 8.36. The molecule has 1 aromatic carbocycles. The van der Waals surface area contributed by atoms with Gasteiger partial charge in [-0.25, -0.2) is 0 Å². The molecular formula is C21H23N3O3S. The Hall–Kier alpha value is -2.38. The van der Waals surface area contributed by atoms with Crippen LogP contribution in [0.25, 0.3) is 0 Å². The first-order chi connectivity index (χ1) is 13.8. The molecule has 3 aromatic rings. The van der Waals surface area contributed by atoms with Crippen LogP contribution in [0, 0.1) is 0 Å². The highest BCUT2D eigenvalue weighted by molar-refractivity contribution is 7.10. The van der Waals surface area contributed by atoms with Gasteiger partial charge in [-0.15, -0.1) is 11.3 Å². The summed E-state index contributed by atoms with van der Waals surface area (Å²) in [5.74, 6) is 3.62. The van der Waals surface area contributed by atoms with E-state index in [0.29, 0.717) is 18.4 Å². The zero-order chi connectivity index (χ0) is 19.1. The van der Waals surface area contributed by atoms with Gasteiger partial charge < -0.3 is 14.0 Å². The van der Waals surface area contributed by atoms with E-state index in [1.165, 1.54) is 28.8 Å². The Morgan fingerprint density at radius 1 is 1.21 bits per heavy atom. The van der Waals surface area contributed by atoms with Crippen LogP contribution in [0.5, 0.6) is 11.5 Å². The van der Waals surface area contributed by atoms with Crippen molar-refractivity contribution in [3.8, 4) is 11.5 Å². The molecule has 2 aromatic heterocycles. The third-order valence-electron chi connectivity index (χ3n) is 5.55. The highest BCUT2D eigenvalue weighted by atomic mass is 32.1. The molecule has 146 valence electrons. The third kappa shape index (κ3) is 3.18. The summed E-state index contributed by atoms with van der Waals surface area (Å²) in [7, 11) is 3.37. The van der Waals surface area contributed by atoms with Crippen LogP contribution in [0.15, 0.2) is 34.2 Å². The van der Waals surface area contributed by atoms with Gasteiger partial charge in [-0.2, -0.15) is 4.98 Å². The lowest BCUT2D eigenvalue weighted by atomic mass is 9.91. The molecule has 0 saturated heterocycles. The Kier molecular flexibility index (Phi) is 4.56. The van der Waals surface area contributed by atoms with Gasteiger partial charge >= 0.3 is 0 Å². The highest BCUT2D eigenvalue weighted by Crippen LogP contribution is 2.43. The number of thiophene rings is 1. The second-order valence-corrected chi connectivity index (χ2v) is 8.34. The molecule has 0 spiro atoms. The molecule has 6 nitrogen and oxygen atoms in total. The summed E-state index contributed by atoms with van der Waals surface area (Å²) >= 11 is 1.77. The Morgan fingerprint density at radius 3 is 2.75 bits per heavy atom. The topological polar surface area (TPSA) is 60.6 Å². The average Bonchev–Trinajstić information content (AvgIpc) is 3.23. The Balaban J connectivity index is 1.51. The number of fused-ring (bicyclic) bond motifs is 1. The number of rotatable bonds is 6. The van der Waals surface area contributed by atoms with Crippen LogP contribution in [-0.4, -0.2) is 35.8 Å². The first-order valence-corrected chi connectivity index (χ1v) is 10.5. The van der Waals surface area contributed by atoms with E-state index in [1.807, 2.05) is 0 Å². The number of methoxy groups -OCH3 is 2. The van der Waals surface area contributed by atoms with Gasteiger partial charge in [-0.05, 0) is 54.0 Å². The lowest BCUT2D eigenvalue weighted by Gasteiger charge is -2.36. The molecule has 1 fully saturated rings. The minimum absolute atomic E-state index is 0.139. The predicted molar refractivity (Wildman–Crippen MR) is 106 cm³/mol. The summed E-state index contributed by atoms with van der Waals surface area (Å²) < 4.78 is 16.6. The number of ether oxygens (including phenoxy) is 2. The summed E-state index contributed by atoms with van der Waals surface area (Å²) in [5.41, 5.74) is 2.56. The monoisotopic (exact) mass is 397 g/mol. The fourth-order valence-electron chi connectivity index (χ4n) is 3.96. The normalized spacial score (nSPS) is 19.4. The SMILES string of the molecule is COc1cc2c(cc1OC)[C@@H](c1cccs1)N(Cc1nc(C3CC3)no1)CC2. The first-order valence-electron chi connectivity index (χ1n) is 9.61. The average molecular weight is 398 g/mol. The van der Waals surface area contributed by atoms with E-state index in [4.69, 9.17) is 14.0 Å². The Bertz CT molecular complexity index is 965. The van der Waals surface area contributed by atoms with Crippen LogP contribution in [0.2, 0.25) is 0 Å². The standard InChI is InChI=1S/C21H23N3O3S/c1-25-16-10-14-7-8-24(12-19-22-21(23-27-19)13-5-6-13)20(18-4-3-9-28-18)15(14)11-17(16)26-2/h3-4,9-11,13,20H,5-8,12H2,1-2H3/t20-/m0/s1. The maximum absolute atomic E-state index is 5.58. The molecule has 1 aliphatic heterocycles. The molecule has 3 heterocycles. The van der Waals surface area contributed by atoms with Gasteiger partial charge in [0.1, 0.15) is 0 Å². The van der Waals surface area contributed by atoms with Crippen molar-refractivity contribution in [3.05, 3.63) is 57.4 Å². The van der Waals surface area contributed by atoms with Crippen molar-refractivity contribution < 1.29 is 14.0 Å². The van der Waals surface area contributed by atoms with Gasteiger partial charge in [0.25, 0.3) is 0 Å². The molecule has 28 heavy (non-hydrogen) atoms. The summed E-state index contributed by atoms with van der Waals surface area (Å²) in [5, 5.41) is 6.30. The van der Waals surface area contributed by atoms with Gasteiger partial charge in [0, 0.05) is 17.3 Å². The van der Waals surface area contributed by atoms with Crippen LogP contribution in [0.1, 0.15) is 52.5 Å². The molecule has 0 unspecified atom stereocenters. The Morgan fingerprint density at radius 2 is 2.04 bits per heavy atom. The van der Waals surface area contributed by atoms with Gasteiger partial charge in [0.05, 0.1) is 26.8 Å². The van der Waals surface area contributed by atoms with E-state index in [0.717, 1.165) is 30.3 Å². The Labute approximate surface area is 168 Å². The van der Waals surface area contributed by atoms with Crippen molar-refractivity contribution in [2.24, 2.45) is 0 Å². The number of aromatic nitrogens is 2. The van der Waals surface area contributed by atoms with Gasteiger partial charge in [-0.1, -0.05) is 11.2 Å². The third-order valence-corrected chi connectivity index (χ3v) is 6.48. The lowest BCUT2D eigenvalue weighted by Crippen LogP contribution is -2.35. The van der Waals surface area contributed by atoms with E-state index >= 15 is 0 Å². The molecule has 1 saturated carbocycles. The van der Waals surface area contributed by atoms with Crippen molar-refractivity contribution in [2.45, 2.75) is 37.8 Å². The molecule has 1 atom stereocenters. The second-order valence-electron chi connectivity index (χ2n) is 7.37. The minimum Gasteiger partial charge on any atom is -0.493 e. The number of hydrogen-bond donors (Lipinski definition) is 0. The van der Waals surface area contributed by atoms with Crippen molar-refractivity contribution in [1.29, 1.82) is 0 Å². The minimum atomic E-state index is 0.139. The van der Waals surface area contributed by atoms with Crippen molar-refractivity contribution in [3.63, 3.8) is 0 Å².